The lowest BCUT2D eigenvalue weighted by atomic mass is 9.88. The van der Waals surface area contributed by atoms with Crippen LogP contribution in [0.25, 0.3) is 0 Å². The fourth-order valence-electron chi connectivity index (χ4n) is 3.00. The van der Waals surface area contributed by atoms with Crippen LogP contribution in [-0.2, 0) is 14.3 Å². The van der Waals surface area contributed by atoms with Crippen LogP contribution in [0.2, 0.25) is 0 Å². The molecule has 0 amide bonds. The molecule has 0 bridgehead atoms. The molecule has 3 aliphatic rings. The Labute approximate surface area is 99.8 Å². The molecule has 0 N–H and O–H groups in total. The second kappa shape index (κ2) is 3.42. The van der Waals surface area contributed by atoms with Crippen molar-refractivity contribution in [2.75, 3.05) is 0 Å². The molecule has 1 heterocycles. The van der Waals surface area contributed by atoms with Gasteiger partial charge in [0.2, 0.25) is 0 Å². The quantitative estimate of drug-likeness (QED) is 0.473. The number of carbonyl (C=O) groups is 2. The van der Waals surface area contributed by atoms with Crippen molar-refractivity contribution in [2.45, 2.75) is 32.3 Å². The molecule has 2 atom stereocenters. The van der Waals surface area contributed by atoms with Gasteiger partial charge in [-0.15, -0.1) is 0 Å². The summed E-state index contributed by atoms with van der Waals surface area (Å²) in [6.07, 6.45) is 4.08. The normalized spacial score (nSPS) is 32.1. The first-order valence-electron chi connectivity index (χ1n) is 5.92. The van der Waals surface area contributed by atoms with Crippen molar-refractivity contribution in [3.63, 3.8) is 0 Å². The average molecular weight is 230 g/mol. The summed E-state index contributed by atoms with van der Waals surface area (Å²) in [4.78, 5) is 23.3. The summed E-state index contributed by atoms with van der Waals surface area (Å²) in [6, 6.07) is 0. The van der Waals surface area contributed by atoms with E-state index in [1.54, 1.807) is 0 Å². The summed E-state index contributed by atoms with van der Waals surface area (Å²) in [5.74, 6) is -0.103. The van der Waals surface area contributed by atoms with E-state index < -0.39 is 0 Å². The minimum absolute atomic E-state index is 0.0482. The van der Waals surface area contributed by atoms with Crippen LogP contribution >= 0.6 is 0 Å². The van der Waals surface area contributed by atoms with Crippen molar-refractivity contribution < 1.29 is 14.3 Å². The van der Waals surface area contributed by atoms with E-state index in [-0.39, 0.29) is 23.8 Å². The van der Waals surface area contributed by atoms with Crippen LogP contribution in [-0.4, -0.2) is 17.9 Å². The van der Waals surface area contributed by atoms with Gasteiger partial charge in [0.05, 0.1) is 0 Å². The smallest absolute Gasteiger partial charge is 0.334 e. The monoisotopic (exact) mass is 230 g/mol. The number of esters is 1. The number of hydrogen-bond acceptors (Lipinski definition) is 3. The lowest BCUT2D eigenvalue weighted by Crippen LogP contribution is -2.19. The largest absolute Gasteiger partial charge is 0.453 e. The van der Waals surface area contributed by atoms with E-state index in [0.29, 0.717) is 12.0 Å². The molecule has 1 saturated heterocycles. The molecule has 0 unspecified atom stereocenters. The minimum atomic E-state index is -0.305. The van der Waals surface area contributed by atoms with Gasteiger partial charge in [-0.25, -0.2) is 4.79 Å². The van der Waals surface area contributed by atoms with Crippen LogP contribution in [0.4, 0.5) is 0 Å². The second-order valence-electron chi connectivity index (χ2n) is 4.90. The molecule has 0 spiro atoms. The molecule has 0 aromatic heterocycles. The molecule has 3 heteroatoms. The van der Waals surface area contributed by atoms with Gasteiger partial charge in [-0.3, -0.25) is 4.79 Å². The van der Waals surface area contributed by atoms with E-state index in [2.05, 4.69) is 12.7 Å². The molecular weight excluding hydrogens is 216 g/mol. The second-order valence-corrected chi connectivity index (χ2v) is 4.90. The minimum Gasteiger partial charge on any atom is -0.453 e. The van der Waals surface area contributed by atoms with E-state index in [0.717, 1.165) is 29.6 Å². The molecule has 0 aromatic rings. The van der Waals surface area contributed by atoms with Gasteiger partial charge >= 0.3 is 5.97 Å². The van der Waals surface area contributed by atoms with Crippen LogP contribution in [0.5, 0.6) is 0 Å². The van der Waals surface area contributed by atoms with Crippen molar-refractivity contribution in [3.05, 3.63) is 34.9 Å². The third kappa shape index (κ3) is 1.35. The Morgan fingerprint density at radius 3 is 2.94 bits per heavy atom. The van der Waals surface area contributed by atoms with Gasteiger partial charge in [-0.2, -0.15) is 0 Å². The highest BCUT2D eigenvalue weighted by Gasteiger charge is 2.45. The first-order valence-corrected chi connectivity index (χ1v) is 5.92. The highest BCUT2D eigenvalue weighted by molar-refractivity contribution is 6.03. The zero-order valence-corrected chi connectivity index (χ0v) is 9.79. The standard InChI is InChI=1S/C14H14O3/c1-7-10-5-3-4-9-6-11(15)8(2)12(9)13(10)17-14(7)16/h4,10,13H,1,3,5-6H2,2H3/t10-,13-/m0/s1. The van der Waals surface area contributed by atoms with Crippen LogP contribution in [0.3, 0.4) is 0 Å². The Morgan fingerprint density at radius 1 is 1.41 bits per heavy atom. The Kier molecular flexibility index (Phi) is 2.12. The molecule has 2 aliphatic carbocycles. The highest BCUT2D eigenvalue weighted by atomic mass is 16.6. The Bertz CT molecular complexity index is 508. The van der Waals surface area contributed by atoms with E-state index in [1.807, 2.05) is 6.92 Å². The van der Waals surface area contributed by atoms with Gasteiger partial charge in [0.15, 0.2) is 5.78 Å². The van der Waals surface area contributed by atoms with Crippen molar-refractivity contribution in [2.24, 2.45) is 5.92 Å². The topological polar surface area (TPSA) is 43.4 Å². The fourth-order valence-corrected chi connectivity index (χ4v) is 3.00. The maximum absolute atomic E-state index is 11.7. The van der Waals surface area contributed by atoms with Gasteiger partial charge in [0.1, 0.15) is 6.10 Å². The fraction of sp³-hybridized carbons (Fsp3) is 0.429. The summed E-state index contributed by atoms with van der Waals surface area (Å²) in [6.45, 7) is 5.64. The maximum Gasteiger partial charge on any atom is 0.334 e. The zero-order chi connectivity index (χ0) is 12.2. The van der Waals surface area contributed by atoms with E-state index >= 15 is 0 Å². The molecule has 0 radical (unpaired) electrons. The summed E-state index contributed by atoms with van der Waals surface area (Å²) in [7, 11) is 0. The molecule has 3 nitrogen and oxygen atoms in total. The van der Waals surface area contributed by atoms with Crippen LogP contribution in [0.15, 0.2) is 34.9 Å². The number of ether oxygens (including phenoxy) is 1. The Morgan fingerprint density at radius 2 is 2.18 bits per heavy atom. The molecule has 88 valence electrons. The SMILES string of the molecule is C=C1C(=O)O[C@@H]2C3=C(C)C(=O)CC3=CCC[C@@H]12. The zero-order valence-electron chi connectivity index (χ0n) is 9.79. The number of carbonyl (C=O) groups excluding carboxylic acids is 2. The lowest BCUT2D eigenvalue weighted by Gasteiger charge is -2.17. The first kappa shape index (κ1) is 10.5. The first-order chi connectivity index (χ1) is 8.09. The molecule has 0 aromatic carbocycles. The summed E-state index contributed by atoms with van der Waals surface area (Å²) in [5, 5.41) is 0. The van der Waals surface area contributed by atoms with Crippen molar-refractivity contribution in [1.29, 1.82) is 0 Å². The number of rotatable bonds is 0. The van der Waals surface area contributed by atoms with Crippen LogP contribution in [0.1, 0.15) is 26.2 Å². The lowest BCUT2D eigenvalue weighted by molar-refractivity contribution is -0.137. The van der Waals surface area contributed by atoms with Crippen LogP contribution in [0, 0.1) is 5.92 Å². The van der Waals surface area contributed by atoms with Gasteiger partial charge in [-0.1, -0.05) is 12.7 Å². The Hall–Kier alpha value is -1.64. The molecule has 3 rings (SSSR count). The van der Waals surface area contributed by atoms with Crippen molar-refractivity contribution >= 4 is 11.8 Å². The predicted octanol–water partition coefficient (Wildman–Crippen LogP) is 2.09. The van der Waals surface area contributed by atoms with E-state index in [4.69, 9.17) is 4.74 Å². The average Bonchev–Trinajstić information content (AvgIpc) is 2.65. The van der Waals surface area contributed by atoms with Gasteiger partial charge in [0, 0.05) is 23.5 Å². The molecule has 1 aliphatic heterocycles. The maximum atomic E-state index is 11.7. The number of fused-ring (bicyclic) bond motifs is 3. The van der Waals surface area contributed by atoms with Crippen molar-refractivity contribution in [1.82, 2.24) is 0 Å². The van der Waals surface area contributed by atoms with Gasteiger partial charge in [-0.05, 0) is 30.9 Å². The van der Waals surface area contributed by atoms with Crippen molar-refractivity contribution in [3.8, 4) is 0 Å². The number of Topliss-reactive ketones (excluding diaryl/α,β-unsaturated/α-hetero) is 1. The Balaban J connectivity index is 2.11. The summed E-state index contributed by atoms with van der Waals surface area (Å²) in [5.41, 5.74) is 3.33. The van der Waals surface area contributed by atoms with E-state index in [9.17, 15) is 9.59 Å². The highest BCUT2D eigenvalue weighted by Crippen LogP contribution is 2.44. The predicted molar refractivity (Wildman–Crippen MR) is 62.2 cm³/mol. The molecule has 17 heavy (non-hydrogen) atoms. The van der Waals surface area contributed by atoms with Gasteiger partial charge < -0.3 is 4.74 Å². The number of ketones is 1. The summed E-state index contributed by atoms with van der Waals surface area (Å²) >= 11 is 0. The van der Waals surface area contributed by atoms with E-state index in [1.165, 1.54) is 0 Å². The third-order valence-corrected chi connectivity index (χ3v) is 3.98. The number of allylic oxidation sites excluding steroid dienone is 2. The van der Waals surface area contributed by atoms with Gasteiger partial charge in [0.25, 0.3) is 0 Å². The third-order valence-electron chi connectivity index (χ3n) is 3.98. The number of hydrogen-bond donors (Lipinski definition) is 0. The molecule has 1 fully saturated rings. The molecule has 0 saturated carbocycles. The summed E-state index contributed by atoms with van der Waals surface area (Å²) < 4.78 is 5.40. The van der Waals surface area contributed by atoms with Crippen LogP contribution < -0.4 is 0 Å². The molecular formula is C14H14O3.